The summed E-state index contributed by atoms with van der Waals surface area (Å²) in [6, 6.07) is 43.4. The van der Waals surface area contributed by atoms with Crippen molar-refractivity contribution in [2.45, 2.75) is 38.5 Å². The van der Waals surface area contributed by atoms with Crippen molar-refractivity contribution in [1.82, 2.24) is 4.57 Å². The van der Waals surface area contributed by atoms with Crippen LogP contribution in [-0.4, -0.2) is 4.57 Å². The number of hydrogen-bond acceptors (Lipinski definition) is 0. The van der Waals surface area contributed by atoms with Gasteiger partial charge in [0.1, 0.15) is 0 Å². The molecular weight excluding hydrogens is 494 g/mol. The van der Waals surface area contributed by atoms with Gasteiger partial charge in [0.25, 0.3) is 0 Å². The van der Waals surface area contributed by atoms with Gasteiger partial charge in [0, 0.05) is 27.3 Å². The monoisotopic (exact) mass is 525 g/mol. The summed E-state index contributed by atoms with van der Waals surface area (Å²) in [5, 5.41) is 5.29. The maximum Gasteiger partial charge on any atom is 0.0547 e. The lowest BCUT2D eigenvalue weighted by molar-refractivity contribution is 0.660. The minimum Gasteiger partial charge on any atom is -0.309 e. The number of nitrogens with zero attached hydrogens (tertiary/aromatic N) is 1. The second kappa shape index (κ2) is 7.56. The molecule has 0 saturated heterocycles. The number of benzene rings is 6. The molecule has 7 aromatic rings. The largest absolute Gasteiger partial charge is 0.309 e. The molecule has 9 rings (SSSR count). The molecule has 41 heavy (non-hydrogen) atoms. The molecule has 0 atom stereocenters. The number of hydrogen-bond donors (Lipinski definition) is 0. The Kier molecular flexibility index (Phi) is 4.26. The van der Waals surface area contributed by atoms with Crippen molar-refractivity contribution in [3.63, 3.8) is 0 Å². The maximum absolute atomic E-state index is 2.49. The van der Waals surface area contributed by atoms with Crippen molar-refractivity contribution in [2.24, 2.45) is 0 Å². The molecule has 1 aromatic heterocycles. The smallest absolute Gasteiger partial charge is 0.0547 e. The normalized spacial score (nSPS) is 15.7. The van der Waals surface area contributed by atoms with Crippen LogP contribution in [0.1, 0.15) is 49.9 Å². The predicted molar refractivity (Wildman–Crippen MR) is 173 cm³/mol. The summed E-state index contributed by atoms with van der Waals surface area (Å²) in [4.78, 5) is 0. The van der Waals surface area contributed by atoms with E-state index in [0.717, 1.165) is 0 Å². The van der Waals surface area contributed by atoms with Crippen molar-refractivity contribution >= 4 is 32.6 Å². The number of rotatable bonds is 1. The first-order chi connectivity index (χ1) is 19.9. The van der Waals surface area contributed by atoms with Gasteiger partial charge < -0.3 is 4.57 Å². The average molecular weight is 526 g/mol. The van der Waals surface area contributed by atoms with Crippen LogP contribution in [0.3, 0.4) is 0 Å². The van der Waals surface area contributed by atoms with Crippen molar-refractivity contribution < 1.29 is 0 Å². The summed E-state index contributed by atoms with van der Waals surface area (Å²) in [6.07, 6.45) is 0. The van der Waals surface area contributed by atoms with Crippen LogP contribution < -0.4 is 0 Å². The van der Waals surface area contributed by atoms with Crippen LogP contribution in [0.15, 0.2) is 115 Å². The predicted octanol–water partition coefficient (Wildman–Crippen LogP) is 10.5. The molecule has 0 fully saturated rings. The van der Waals surface area contributed by atoms with Gasteiger partial charge in [-0.15, -0.1) is 0 Å². The highest BCUT2D eigenvalue weighted by atomic mass is 15.0. The van der Waals surface area contributed by atoms with Gasteiger partial charge in [0.15, 0.2) is 0 Å². The zero-order valence-corrected chi connectivity index (χ0v) is 23.9. The Morgan fingerprint density at radius 3 is 1.98 bits per heavy atom. The van der Waals surface area contributed by atoms with E-state index in [0.29, 0.717) is 0 Å². The molecule has 0 saturated carbocycles. The van der Waals surface area contributed by atoms with Gasteiger partial charge >= 0.3 is 0 Å². The van der Waals surface area contributed by atoms with Gasteiger partial charge in [0.2, 0.25) is 0 Å². The molecule has 0 N–H and O–H groups in total. The summed E-state index contributed by atoms with van der Waals surface area (Å²) in [5.41, 5.74) is 14.8. The lowest BCUT2D eigenvalue weighted by Gasteiger charge is -2.22. The van der Waals surface area contributed by atoms with E-state index in [4.69, 9.17) is 0 Å². The number of fused-ring (bicyclic) bond motifs is 11. The van der Waals surface area contributed by atoms with Crippen LogP contribution in [-0.2, 0) is 10.8 Å². The molecule has 6 aromatic carbocycles. The summed E-state index contributed by atoms with van der Waals surface area (Å²) in [7, 11) is 0. The molecule has 0 bridgehead atoms. The third kappa shape index (κ3) is 2.81. The minimum absolute atomic E-state index is 0.00414. The van der Waals surface area contributed by atoms with E-state index in [1.165, 1.54) is 82.8 Å². The van der Waals surface area contributed by atoms with E-state index < -0.39 is 0 Å². The number of para-hydroxylation sites is 1. The van der Waals surface area contributed by atoms with Crippen LogP contribution in [0, 0.1) is 0 Å². The van der Waals surface area contributed by atoms with Gasteiger partial charge in [-0.2, -0.15) is 0 Å². The van der Waals surface area contributed by atoms with E-state index in [9.17, 15) is 0 Å². The first kappa shape index (κ1) is 23.1. The lowest BCUT2D eigenvalue weighted by Crippen LogP contribution is -2.15. The second-order valence-corrected chi connectivity index (χ2v) is 13.0. The van der Waals surface area contributed by atoms with Crippen LogP contribution in [0.5, 0.6) is 0 Å². The lowest BCUT2D eigenvalue weighted by atomic mass is 9.81. The third-order valence-electron chi connectivity index (χ3n) is 10.2. The quantitative estimate of drug-likeness (QED) is 0.201. The molecule has 0 amide bonds. The standard InChI is InChI=1S/C40H31N/c1-39(2)31-15-9-7-13-27(31)29-23-26(17-18-32(29)39)41-35-16-10-8-14-28(35)38-36(41)20-19-33-37(38)30-21-24-11-5-6-12-25(24)22-34(30)40(33,3)4/h5-23H,1-4H3. The van der Waals surface area contributed by atoms with Gasteiger partial charge in [-0.25, -0.2) is 0 Å². The molecule has 2 aliphatic rings. The Morgan fingerprint density at radius 1 is 0.463 bits per heavy atom. The Balaban J connectivity index is 1.38. The Morgan fingerprint density at radius 2 is 1.12 bits per heavy atom. The Bertz CT molecular complexity index is 2260. The molecule has 1 heterocycles. The molecular formula is C40H31N. The van der Waals surface area contributed by atoms with Crippen LogP contribution >= 0.6 is 0 Å². The highest BCUT2D eigenvalue weighted by molar-refractivity contribution is 6.18. The molecule has 0 aliphatic heterocycles. The molecule has 0 unspecified atom stereocenters. The van der Waals surface area contributed by atoms with Gasteiger partial charge in [0.05, 0.1) is 11.0 Å². The Labute approximate surface area is 240 Å². The number of aromatic nitrogens is 1. The van der Waals surface area contributed by atoms with Crippen LogP contribution in [0.2, 0.25) is 0 Å². The van der Waals surface area contributed by atoms with E-state index in [1.807, 2.05) is 0 Å². The molecule has 0 radical (unpaired) electrons. The topological polar surface area (TPSA) is 4.93 Å². The van der Waals surface area contributed by atoms with Crippen LogP contribution in [0.4, 0.5) is 0 Å². The highest BCUT2D eigenvalue weighted by Gasteiger charge is 2.38. The molecule has 1 heteroatoms. The molecule has 196 valence electrons. The third-order valence-corrected chi connectivity index (χ3v) is 10.2. The fourth-order valence-corrected chi connectivity index (χ4v) is 8.10. The molecule has 1 nitrogen and oxygen atoms in total. The van der Waals surface area contributed by atoms with E-state index in [1.54, 1.807) is 0 Å². The van der Waals surface area contributed by atoms with Crippen molar-refractivity contribution in [3.05, 3.63) is 138 Å². The van der Waals surface area contributed by atoms with E-state index >= 15 is 0 Å². The first-order valence-electron chi connectivity index (χ1n) is 14.7. The van der Waals surface area contributed by atoms with E-state index in [-0.39, 0.29) is 10.8 Å². The van der Waals surface area contributed by atoms with Gasteiger partial charge in [-0.3, -0.25) is 0 Å². The second-order valence-electron chi connectivity index (χ2n) is 13.0. The maximum atomic E-state index is 2.49. The highest BCUT2D eigenvalue weighted by Crippen LogP contribution is 2.54. The van der Waals surface area contributed by atoms with E-state index in [2.05, 4.69) is 148 Å². The van der Waals surface area contributed by atoms with Crippen molar-refractivity contribution in [2.75, 3.05) is 0 Å². The fourth-order valence-electron chi connectivity index (χ4n) is 8.10. The van der Waals surface area contributed by atoms with Gasteiger partial charge in [-0.1, -0.05) is 107 Å². The Hall–Kier alpha value is -4.62. The minimum atomic E-state index is -0.0606. The van der Waals surface area contributed by atoms with Crippen molar-refractivity contribution in [1.29, 1.82) is 0 Å². The summed E-state index contributed by atoms with van der Waals surface area (Å²) >= 11 is 0. The summed E-state index contributed by atoms with van der Waals surface area (Å²) in [6.45, 7) is 9.47. The fraction of sp³-hybridized carbons (Fsp3) is 0.150. The SMILES string of the molecule is CC1(C)c2ccccc2-c2cc(-n3c4ccccc4c4c5c(ccc43)C(C)(C)c3cc4ccccc4cc3-5)ccc21. The summed E-state index contributed by atoms with van der Waals surface area (Å²) < 4.78 is 2.49. The molecule has 0 spiro atoms. The zero-order valence-electron chi connectivity index (χ0n) is 23.9. The zero-order chi connectivity index (χ0) is 27.7. The molecule has 2 aliphatic carbocycles. The average Bonchev–Trinajstić information content (AvgIpc) is 3.53. The van der Waals surface area contributed by atoms with Crippen molar-refractivity contribution in [3.8, 4) is 27.9 Å². The first-order valence-corrected chi connectivity index (χ1v) is 14.7. The van der Waals surface area contributed by atoms with Crippen LogP contribution in [0.25, 0.3) is 60.5 Å². The van der Waals surface area contributed by atoms with Gasteiger partial charge in [-0.05, 0) is 91.7 Å². The summed E-state index contributed by atoms with van der Waals surface area (Å²) in [5.74, 6) is 0.